The van der Waals surface area contributed by atoms with Crippen molar-refractivity contribution < 1.29 is 114 Å². The van der Waals surface area contributed by atoms with Gasteiger partial charge in [0, 0.05) is 72.3 Å². The van der Waals surface area contributed by atoms with Crippen LogP contribution in [-0.4, -0.2) is 127 Å². The highest BCUT2D eigenvalue weighted by Crippen LogP contribution is 2.30. The minimum Gasteiger partial charge on any atom is -0.493 e. The lowest BCUT2D eigenvalue weighted by atomic mass is 10.1. The smallest absolute Gasteiger partial charge is 0.337 e. The van der Waals surface area contributed by atoms with Gasteiger partial charge in [-0.05, 0) is 242 Å². The van der Waals surface area contributed by atoms with Crippen LogP contribution in [0.5, 0.6) is 46.0 Å². The molecule has 0 fully saturated rings. The van der Waals surface area contributed by atoms with Crippen LogP contribution in [0.15, 0.2) is 391 Å². The fraction of sp³-hybridized carbons (Fsp3) is 0.185. The first kappa shape index (κ1) is 106. The summed E-state index contributed by atoms with van der Waals surface area (Å²) in [4.78, 5) is 88.7. The average molecular weight is 1790 g/mol. The summed E-state index contributed by atoms with van der Waals surface area (Å²) in [6.45, 7) is 37.9. The van der Waals surface area contributed by atoms with Gasteiger partial charge < -0.3 is 75.8 Å². The zero-order valence-corrected chi connectivity index (χ0v) is 74.8. The summed E-state index contributed by atoms with van der Waals surface area (Å²) in [6, 6.07) is 62.3. The maximum absolute atomic E-state index is 11.3. The lowest BCUT2D eigenvalue weighted by molar-refractivity contribution is -0.138. The predicted molar refractivity (Wildman–Crippen MR) is 511 cm³/mol. The Balaban J connectivity index is 0.000000312. The summed E-state index contributed by atoms with van der Waals surface area (Å²) >= 11 is 0. The van der Waals surface area contributed by atoms with E-state index in [1.807, 2.05) is 194 Å². The largest absolute Gasteiger partial charge is 0.493 e. The minimum atomic E-state index is -0.488. The molecule has 0 aliphatic carbocycles. The first-order valence-corrected chi connectivity index (χ1v) is 41.6. The third kappa shape index (κ3) is 46.8. The summed E-state index contributed by atoms with van der Waals surface area (Å²) in [5.41, 5.74) is 9.94. The zero-order valence-electron chi connectivity index (χ0n) is 74.8. The molecular weight excluding hydrogens is 1680 g/mol. The van der Waals surface area contributed by atoms with Gasteiger partial charge in [0.05, 0.1) is 51.5 Å². The van der Waals surface area contributed by atoms with Gasteiger partial charge in [-0.2, -0.15) is 0 Å². The second kappa shape index (κ2) is 64.5. The molecule has 24 heteroatoms. The Bertz CT molecular complexity index is 4930. The van der Waals surface area contributed by atoms with E-state index in [1.165, 1.54) is 25.0 Å². The van der Waals surface area contributed by atoms with Gasteiger partial charge in [0.2, 0.25) is 0 Å². The van der Waals surface area contributed by atoms with Crippen LogP contribution in [0.3, 0.4) is 0 Å². The van der Waals surface area contributed by atoms with Crippen molar-refractivity contribution in [1.29, 1.82) is 0 Å². The van der Waals surface area contributed by atoms with Gasteiger partial charge in [-0.15, -0.1) is 0 Å². The number of hydrogen-bond donors (Lipinski definition) is 0. The van der Waals surface area contributed by atoms with E-state index in [0.717, 1.165) is 115 Å². The number of ether oxygens (including phenoxy) is 16. The van der Waals surface area contributed by atoms with Crippen molar-refractivity contribution in [2.75, 3.05) is 79.3 Å². The molecule has 0 aliphatic heterocycles. The van der Waals surface area contributed by atoms with Crippen LogP contribution in [0.25, 0.3) is 44.5 Å². The van der Waals surface area contributed by atoms with Gasteiger partial charge in [-0.3, -0.25) is 0 Å². The Kier molecular flexibility index (Phi) is 51.9. The highest BCUT2D eigenvalue weighted by atomic mass is 16.6. The van der Waals surface area contributed by atoms with Crippen LogP contribution >= 0.6 is 0 Å². The zero-order chi connectivity index (χ0) is 95.6. The molecule has 688 valence electrons. The number of rotatable bonds is 52. The SMILES string of the molecule is C=C(C)C(=O)O/C=C/CCOc1ccc(-c2ccc(OCC/C=C/OC(=O)C(=C)C)cc2)cc1.C=C(C)C(=O)OC/C=C/COc1ccc(-c2ccc(OC/C=C/COC(=O)C(=C)C)cc2)cc1.C=CC(=O)O/C=C/CCOc1ccc(-c2ccc(OCC/C=C/OC(=O)C=C)cc2)cc1.C=CC(=O)OC/C=C/COc1ccc(-c2ccc(OC/C=C/COC(=O)C=C)cc2)cc1. The number of benzene rings is 8. The number of hydrogen-bond acceptors (Lipinski definition) is 24. The second-order valence-corrected chi connectivity index (χ2v) is 27.4. The summed E-state index contributed by atoms with van der Waals surface area (Å²) in [6.07, 6.45) is 33.2. The molecular formula is C108H112O24. The standard InChI is InChI=1S/2C28H30O6.2C26H26O6/c2*1-21(2)27(29)33-19-7-5-17-31-25-13-9-23(10-14-25)24-11-15-26(16-12-24)32-18-6-8-20-34-28(30)22(3)4;2*1-3-25(27)31-19-7-5-17-29-23-13-9-21(10-14-23)22-11-15-24(16-12-22)30-18-6-8-20-32-26(28)4-2/h7-16,19-20H,1,3,5-6,17-18H2,2,4H3;5-16H,1,3,17-20H2,2,4H3;3-4,7-16,19-20H,1-2,5-6,17-18H2;3-16H,1-2,17-20H2/b19-7+,20-8+;7-5+,8-6+;19-7+,20-8+;7-5+,8-6+. The van der Waals surface area contributed by atoms with Crippen molar-refractivity contribution in [3.63, 3.8) is 0 Å². The van der Waals surface area contributed by atoms with E-state index in [-0.39, 0.29) is 26.4 Å². The van der Waals surface area contributed by atoms with Crippen molar-refractivity contribution in [2.45, 2.75) is 53.4 Å². The molecule has 0 aliphatic rings. The molecule has 0 radical (unpaired) electrons. The monoisotopic (exact) mass is 1790 g/mol. The molecule has 0 saturated carbocycles. The van der Waals surface area contributed by atoms with Gasteiger partial charge in [0.1, 0.15) is 98.9 Å². The Morgan fingerprint density at radius 3 is 0.576 bits per heavy atom. The quantitative estimate of drug-likeness (QED) is 0.00854. The lowest BCUT2D eigenvalue weighted by Gasteiger charge is -2.08. The molecule has 0 spiro atoms. The van der Waals surface area contributed by atoms with Crippen molar-refractivity contribution in [1.82, 2.24) is 0 Å². The van der Waals surface area contributed by atoms with Crippen LogP contribution in [0.2, 0.25) is 0 Å². The van der Waals surface area contributed by atoms with E-state index < -0.39 is 47.8 Å². The van der Waals surface area contributed by atoms with Crippen molar-refractivity contribution in [3.05, 3.63) is 391 Å². The van der Waals surface area contributed by atoms with Crippen LogP contribution < -0.4 is 37.9 Å². The van der Waals surface area contributed by atoms with Gasteiger partial charge in [0.25, 0.3) is 0 Å². The van der Waals surface area contributed by atoms with Crippen LogP contribution in [0, 0.1) is 0 Å². The minimum absolute atomic E-state index is 0.189. The van der Waals surface area contributed by atoms with Gasteiger partial charge in [-0.25, -0.2) is 38.4 Å². The van der Waals surface area contributed by atoms with E-state index >= 15 is 0 Å². The van der Waals surface area contributed by atoms with E-state index in [9.17, 15) is 38.4 Å². The predicted octanol–water partition coefficient (Wildman–Crippen LogP) is 21.7. The van der Waals surface area contributed by atoms with E-state index in [0.29, 0.717) is 101 Å². The molecule has 0 amide bonds. The molecule has 0 saturated heterocycles. The molecule has 132 heavy (non-hydrogen) atoms. The Morgan fingerprint density at radius 1 is 0.212 bits per heavy atom. The first-order chi connectivity index (χ1) is 64.0. The van der Waals surface area contributed by atoms with Crippen molar-refractivity contribution in [3.8, 4) is 90.5 Å². The van der Waals surface area contributed by atoms with Crippen molar-refractivity contribution >= 4 is 47.8 Å². The molecule has 8 rings (SSSR count). The molecule has 0 atom stereocenters. The summed E-state index contributed by atoms with van der Waals surface area (Å²) < 4.78 is 84.2. The van der Waals surface area contributed by atoms with Gasteiger partial charge >= 0.3 is 47.8 Å². The molecule has 8 aromatic carbocycles. The van der Waals surface area contributed by atoms with E-state index in [2.05, 4.69) is 52.6 Å². The number of carbonyl (C=O) groups is 8. The summed E-state index contributed by atoms with van der Waals surface area (Å²) in [7, 11) is 0. The molecule has 8 aromatic rings. The molecule has 24 nitrogen and oxygen atoms in total. The average Bonchev–Trinajstić information content (AvgIpc) is 0.867. The Hall–Kier alpha value is -16.2. The van der Waals surface area contributed by atoms with Gasteiger partial charge in [-0.1, -0.05) is 150 Å². The van der Waals surface area contributed by atoms with Crippen LogP contribution in [0.4, 0.5) is 0 Å². The Labute approximate surface area is 772 Å². The molecule has 0 unspecified atom stereocenters. The normalized spacial score (nSPS) is 10.7. The molecule has 0 bridgehead atoms. The first-order valence-electron chi connectivity index (χ1n) is 41.6. The number of esters is 8. The van der Waals surface area contributed by atoms with E-state index in [4.69, 9.17) is 75.8 Å². The number of carbonyl (C=O) groups excluding carboxylic acids is 8. The van der Waals surface area contributed by atoms with Gasteiger partial charge in [0.15, 0.2) is 0 Å². The van der Waals surface area contributed by atoms with Crippen molar-refractivity contribution in [2.24, 2.45) is 0 Å². The van der Waals surface area contributed by atoms with E-state index in [1.54, 1.807) is 101 Å². The highest BCUT2D eigenvalue weighted by molar-refractivity contribution is 5.89. The summed E-state index contributed by atoms with van der Waals surface area (Å²) in [5, 5.41) is 0. The fourth-order valence-electron chi connectivity index (χ4n) is 9.94. The maximum atomic E-state index is 11.3. The molecule has 0 N–H and O–H groups in total. The fourth-order valence-corrected chi connectivity index (χ4v) is 9.94. The van der Waals surface area contributed by atoms with Crippen LogP contribution in [0.1, 0.15) is 53.4 Å². The molecule has 0 aromatic heterocycles. The molecule has 0 heterocycles. The Morgan fingerprint density at radius 2 is 0.386 bits per heavy atom. The third-order valence-electron chi connectivity index (χ3n) is 16.9. The maximum Gasteiger partial charge on any atom is 0.337 e. The lowest BCUT2D eigenvalue weighted by Crippen LogP contribution is -2.04. The topological polar surface area (TPSA) is 284 Å². The summed E-state index contributed by atoms with van der Waals surface area (Å²) in [5.74, 6) is 2.44. The third-order valence-corrected chi connectivity index (χ3v) is 16.9. The second-order valence-electron chi connectivity index (χ2n) is 27.4. The highest BCUT2D eigenvalue weighted by Gasteiger charge is 2.10. The van der Waals surface area contributed by atoms with Crippen LogP contribution in [-0.2, 0) is 76.3 Å².